The largest absolute Gasteiger partial charge is 0.420 e. The highest BCUT2D eigenvalue weighted by Crippen LogP contribution is 2.34. The summed E-state index contributed by atoms with van der Waals surface area (Å²) in [7, 11) is 0. The first-order valence-corrected chi connectivity index (χ1v) is 11.4. The van der Waals surface area contributed by atoms with E-state index in [9.17, 15) is 18.0 Å². The van der Waals surface area contributed by atoms with Crippen LogP contribution >= 0.6 is 0 Å². The molecule has 0 bridgehead atoms. The number of halogens is 3. The molecule has 0 saturated carbocycles. The Bertz CT molecular complexity index is 1450. The van der Waals surface area contributed by atoms with Crippen molar-refractivity contribution in [3.63, 3.8) is 0 Å². The van der Waals surface area contributed by atoms with E-state index in [4.69, 9.17) is 9.47 Å². The minimum Gasteiger partial charge on any atom is -0.420 e. The van der Waals surface area contributed by atoms with Gasteiger partial charge in [-0.1, -0.05) is 60.7 Å². The van der Waals surface area contributed by atoms with Crippen molar-refractivity contribution < 1.29 is 27.4 Å². The molecule has 1 aliphatic rings. The number of benzene rings is 4. The van der Waals surface area contributed by atoms with Gasteiger partial charge < -0.3 is 9.47 Å². The summed E-state index contributed by atoms with van der Waals surface area (Å²) in [6, 6.07) is 20.5. The molecular formula is C30H21F3O3. The van der Waals surface area contributed by atoms with Gasteiger partial charge in [0.1, 0.15) is 11.9 Å². The van der Waals surface area contributed by atoms with Crippen LogP contribution in [0.3, 0.4) is 0 Å². The Morgan fingerprint density at radius 2 is 1.50 bits per heavy atom. The SMILES string of the molecule is C/C=C/c1ccc(-c2ccc(OC(=O)c3ccc(-c4ccc(C5CO5)cc4F)cc3)c(F)c2F)cc1. The Morgan fingerprint density at radius 1 is 0.861 bits per heavy atom. The molecule has 0 spiro atoms. The number of ether oxygens (including phenoxy) is 2. The van der Waals surface area contributed by atoms with Gasteiger partial charge in [-0.25, -0.2) is 13.6 Å². The van der Waals surface area contributed by atoms with Crippen molar-refractivity contribution in [3.8, 4) is 28.0 Å². The Balaban J connectivity index is 1.32. The molecule has 0 aromatic heterocycles. The van der Waals surface area contributed by atoms with Crippen molar-refractivity contribution in [1.29, 1.82) is 0 Å². The maximum absolute atomic E-state index is 14.8. The Labute approximate surface area is 206 Å². The lowest BCUT2D eigenvalue weighted by Crippen LogP contribution is -2.10. The highest BCUT2D eigenvalue weighted by molar-refractivity contribution is 5.91. The van der Waals surface area contributed by atoms with E-state index in [0.717, 1.165) is 11.1 Å². The summed E-state index contributed by atoms with van der Waals surface area (Å²) >= 11 is 0. The molecule has 4 aromatic carbocycles. The number of rotatable bonds is 6. The first-order chi connectivity index (χ1) is 17.4. The van der Waals surface area contributed by atoms with Gasteiger partial charge in [-0.15, -0.1) is 0 Å². The number of hydrogen-bond acceptors (Lipinski definition) is 3. The van der Waals surface area contributed by atoms with Crippen LogP contribution in [0, 0.1) is 17.5 Å². The van der Waals surface area contributed by atoms with Crippen molar-refractivity contribution >= 4 is 12.0 Å². The standard InChI is InChI=1S/C30H21F3O3/c1-2-3-18-4-6-20(7-5-18)24-14-15-26(29(33)28(24)32)36-30(34)21-10-8-19(9-11-21)23-13-12-22(16-25(23)31)27-17-35-27/h2-16,27H,17H2,1H3/b3-2+. The molecule has 1 aliphatic heterocycles. The third-order valence-electron chi connectivity index (χ3n) is 5.96. The summed E-state index contributed by atoms with van der Waals surface area (Å²) < 4.78 is 54.3. The first kappa shape index (κ1) is 23.6. The molecule has 0 N–H and O–H groups in total. The van der Waals surface area contributed by atoms with Gasteiger partial charge in [0.25, 0.3) is 0 Å². The molecule has 3 nitrogen and oxygen atoms in total. The average Bonchev–Trinajstić information content (AvgIpc) is 3.74. The molecule has 0 amide bonds. The molecule has 5 rings (SSSR count). The average molecular weight is 486 g/mol. The molecule has 4 aromatic rings. The fraction of sp³-hybridized carbons (Fsp3) is 0.100. The lowest BCUT2D eigenvalue weighted by molar-refractivity contribution is 0.0727. The maximum atomic E-state index is 14.8. The quantitative estimate of drug-likeness (QED) is 0.159. The minimum absolute atomic E-state index is 0.0474. The van der Waals surface area contributed by atoms with E-state index in [1.54, 1.807) is 48.5 Å². The molecule has 0 aliphatic carbocycles. The molecule has 36 heavy (non-hydrogen) atoms. The number of allylic oxidation sites excluding steroid dienone is 1. The third-order valence-corrected chi connectivity index (χ3v) is 5.96. The number of hydrogen-bond donors (Lipinski definition) is 0. The summed E-state index contributed by atoms with van der Waals surface area (Å²) in [6.45, 7) is 2.48. The van der Waals surface area contributed by atoms with Crippen LogP contribution in [-0.4, -0.2) is 12.6 Å². The number of carbonyl (C=O) groups excluding carboxylic acids is 1. The van der Waals surface area contributed by atoms with Crippen molar-refractivity contribution in [2.24, 2.45) is 0 Å². The van der Waals surface area contributed by atoms with Gasteiger partial charge in [0.05, 0.1) is 12.2 Å². The molecule has 0 radical (unpaired) electrons. The maximum Gasteiger partial charge on any atom is 0.343 e. The van der Waals surface area contributed by atoms with Crippen LogP contribution in [-0.2, 0) is 4.74 Å². The smallest absolute Gasteiger partial charge is 0.343 e. The monoisotopic (exact) mass is 486 g/mol. The normalized spacial score (nSPS) is 14.7. The lowest BCUT2D eigenvalue weighted by Gasteiger charge is -2.10. The predicted octanol–water partition coefficient (Wildman–Crippen LogP) is 7.76. The number of epoxide rings is 1. The summed E-state index contributed by atoms with van der Waals surface area (Å²) in [5, 5.41) is 0. The highest BCUT2D eigenvalue weighted by atomic mass is 19.2. The van der Waals surface area contributed by atoms with Gasteiger partial charge >= 0.3 is 5.97 Å². The summed E-state index contributed by atoms with van der Waals surface area (Å²) in [5.74, 6) is -4.13. The molecule has 6 heteroatoms. The van der Waals surface area contributed by atoms with E-state index in [-0.39, 0.29) is 17.2 Å². The van der Waals surface area contributed by atoms with E-state index in [1.807, 2.05) is 19.1 Å². The van der Waals surface area contributed by atoms with Crippen molar-refractivity contribution in [1.82, 2.24) is 0 Å². The van der Waals surface area contributed by atoms with Crippen LogP contribution in [0.4, 0.5) is 13.2 Å². The molecule has 1 unspecified atom stereocenters. The van der Waals surface area contributed by atoms with Crippen LogP contribution in [0.2, 0.25) is 0 Å². The summed E-state index contributed by atoms with van der Waals surface area (Å²) in [5.41, 5.74) is 3.33. The Morgan fingerprint density at radius 3 is 2.14 bits per heavy atom. The van der Waals surface area contributed by atoms with Crippen LogP contribution in [0.1, 0.15) is 34.5 Å². The van der Waals surface area contributed by atoms with Gasteiger partial charge in [0.2, 0.25) is 5.82 Å². The van der Waals surface area contributed by atoms with Crippen molar-refractivity contribution in [2.45, 2.75) is 13.0 Å². The highest BCUT2D eigenvalue weighted by Gasteiger charge is 2.25. The van der Waals surface area contributed by atoms with E-state index >= 15 is 0 Å². The van der Waals surface area contributed by atoms with Gasteiger partial charge in [0, 0.05) is 11.1 Å². The van der Waals surface area contributed by atoms with Gasteiger partial charge in [0.15, 0.2) is 11.6 Å². The van der Waals surface area contributed by atoms with Crippen LogP contribution < -0.4 is 4.74 Å². The van der Waals surface area contributed by atoms with E-state index in [0.29, 0.717) is 23.3 Å². The zero-order chi connectivity index (χ0) is 25.2. The molecule has 1 saturated heterocycles. The fourth-order valence-corrected chi connectivity index (χ4v) is 3.95. The topological polar surface area (TPSA) is 38.8 Å². The number of esters is 1. The minimum atomic E-state index is -1.25. The second-order valence-corrected chi connectivity index (χ2v) is 8.39. The summed E-state index contributed by atoms with van der Waals surface area (Å²) in [4.78, 5) is 12.6. The second kappa shape index (κ2) is 9.84. The molecule has 1 fully saturated rings. The Hall–Kier alpha value is -4.16. The molecule has 1 atom stereocenters. The van der Waals surface area contributed by atoms with Crippen LogP contribution in [0.25, 0.3) is 28.3 Å². The zero-order valence-electron chi connectivity index (χ0n) is 19.3. The number of carbonyl (C=O) groups is 1. The second-order valence-electron chi connectivity index (χ2n) is 8.39. The van der Waals surface area contributed by atoms with E-state index in [1.165, 1.54) is 30.3 Å². The fourth-order valence-electron chi connectivity index (χ4n) is 3.95. The van der Waals surface area contributed by atoms with E-state index < -0.39 is 29.2 Å². The van der Waals surface area contributed by atoms with Crippen molar-refractivity contribution in [2.75, 3.05) is 6.61 Å². The summed E-state index contributed by atoms with van der Waals surface area (Å²) in [6.07, 6.45) is 3.73. The van der Waals surface area contributed by atoms with Crippen LogP contribution in [0.5, 0.6) is 5.75 Å². The van der Waals surface area contributed by atoms with Gasteiger partial charge in [-0.2, -0.15) is 4.39 Å². The first-order valence-electron chi connectivity index (χ1n) is 11.4. The lowest BCUT2D eigenvalue weighted by atomic mass is 10.0. The van der Waals surface area contributed by atoms with Crippen LogP contribution in [0.15, 0.2) is 84.9 Å². The molecular weight excluding hydrogens is 465 g/mol. The third kappa shape index (κ3) is 4.81. The predicted molar refractivity (Wildman–Crippen MR) is 132 cm³/mol. The zero-order valence-corrected chi connectivity index (χ0v) is 19.3. The molecule has 180 valence electrons. The van der Waals surface area contributed by atoms with E-state index in [2.05, 4.69) is 0 Å². The van der Waals surface area contributed by atoms with Gasteiger partial charge in [-0.05, 0) is 59.5 Å². The molecule has 1 heterocycles. The van der Waals surface area contributed by atoms with Gasteiger partial charge in [-0.3, -0.25) is 0 Å². The Kier molecular flexibility index (Phi) is 6.44. The van der Waals surface area contributed by atoms with Crippen molar-refractivity contribution in [3.05, 3.63) is 119 Å².